The van der Waals surface area contributed by atoms with Crippen molar-refractivity contribution in [1.29, 1.82) is 0 Å². The van der Waals surface area contributed by atoms with Crippen LogP contribution in [0.25, 0.3) is 17.1 Å². The quantitative estimate of drug-likeness (QED) is 0.366. The normalized spacial score (nSPS) is 15.8. The summed E-state index contributed by atoms with van der Waals surface area (Å²) in [6, 6.07) is 4.69. The molecule has 0 fully saturated rings. The van der Waals surface area contributed by atoms with Crippen LogP contribution in [0.15, 0.2) is 47.4 Å². The molecule has 0 radical (unpaired) electrons. The number of hydrogen-bond donors (Lipinski definition) is 1. The van der Waals surface area contributed by atoms with Crippen LogP contribution in [0, 0.1) is 0 Å². The molecule has 36 heavy (non-hydrogen) atoms. The van der Waals surface area contributed by atoms with Crippen LogP contribution >= 0.6 is 0 Å². The van der Waals surface area contributed by atoms with E-state index in [0.717, 1.165) is 11.9 Å². The van der Waals surface area contributed by atoms with E-state index in [2.05, 4.69) is 30.4 Å². The number of H-pyrrole nitrogens is 1. The molecule has 1 N–H and O–H groups in total. The predicted octanol–water partition coefficient (Wildman–Crippen LogP) is 3.42. The van der Waals surface area contributed by atoms with Crippen LogP contribution in [-0.4, -0.2) is 56.9 Å². The van der Waals surface area contributed by atoms with Crippen molar-refractivity contribution in [2.45, 2.75) is 25.4 Å². The van der Waals surface area contributed by atoms with Crippen molar-refractivity contribution in [2.24, 2.45) is 0 Å². The summed E-state index contributed by atoms with van der Waals surface area (Å²) in [5, 5.41) is 15.6. The number of imidazole rings is 1. The Morgan fingerprint density at radius 2 is 2.00 bits per heavy atom. The zero-order chi connectivity index (χ0) is 25.0. The first kappa shape index (κ1) is 21.9. The SMILES string of the molecule is O=C(c1nnc(-c2ccn(C(F)F)n2)o1)N1CCc2[nH]cnc2[C@H]1c1cc2c(C(F)F)cccn2n1. The molecule has 5 aromatic rings. The molecule has 6 rings (SSSR count). The molecule has 6 heterocycles. The maximum atomic E-state index is 13.6. The van der Waals surface area contributed by atoms with Crippen LogP contribution in [0.2, 0.25) is 0 Å². The van der Waals surface area contributed by atoms with Crippen molar-refractivity contribution >= 4 is 11.4 Å². The number of amides is 1. The fourth-order valence-electron chi connectivity index (χ4n) is 4.27. The third-order valence-electron chi connectivity index (χ3n) is 5.89. The molecule has 0 aliphatic carbocycles. The molecular formula is C21H15F4N9O2. The van der Waals surface area contributed by atoms with Gasteiger partial charge in [0.15, 0.2) is 0 Å². The number of aromatic nitrogens is 8. The van der Waals surface area contributed by atoms with Crippen molar-refractivity contribution in [2.75, 3.05) is 6.54 Å². The Hall–Kier alpha value is -4.56. The van der Waals surface area contributed by atoms with Gasteiger partial charge in [-0.15, -0.1) is 10.2 Å². The lowest BCUT2D eigenvalue weighted by Crippen LogP contribution is -2.41. The molecule has 0 spiro atoms. The molecule has 0 aromatic carbocycles. The fraction of sp³-hybridized carbons (Fsp3) is 0.238. The Labute approximate surface area is 198 Å². The van der Waals surface area contributed by atoms with Crippen LogP contribution < -0.4 is 0 Å². The summed E-state index contributed by atoms with van der Waals surface area (Å²) in [6.45, 7) is -2.64. The molecule has 11 nitrogen and oxygen atoms in total. The van der Waals surface area contributed by atoms with E-state index >= 15 is 0 Å². The number of carbonyl (C=O) groups excluding carboxylic acids is 1. The molecule has 184 valence electrons. The van der Waals surface area contributed by atoms with E-state index in [0.29, 0.717) is 22.5 Å². The van der Waals surface area contributed by atoms with Gasteiger partial charge in [-0.25, -0.2) is 23.0 Å². The molecule has 1 amide bonds. The molecule has 1 aliphatic heterocycles. The summed E-state index contributed by atoms with van der Waals surface area (Å²) in [6.07, 6.45) is 1.79. The molecule has 0 saturated heterocycles. The summed E-state index contributed by atoms with van der Waals surface area (Å²) < 4.78 is 60.0. The van der Waals surface area contributed by atoms with Crippen molar-refractivity contribution in [3.8, 4) is 11.6 Å². The lowest BCUT2D eigenvalue weighted by atomic mass is 9.99. The second-order valence-electron chi connectivity index (χ2n) is 7.95. The Morgan fingerprint density at radius 1 is 1.14 bits per heavy atom. The maximum absolute atomic E-state index is 13.6. The lowest BCUT2D eigenvalue weighted by molar-refractivity contribution is 0.0566. The number of nitrogens with zero attached hydrogens (tertiary/aromatic N) is 8. The summed E-state index contributed by atoms with van der Waals surface area (Å²) >= 11 is 0. The Balaban J connectivity index is 1.38. The Bertz CT molecular complexity index is 1570. The third-order valence-corrected chi connectivity index (χ3v) is 5.89. The van der Waals surface area contributed by atoms with Crippen LogP contribution in [0.5, 0.6) is 0 Å². The standard InChI is InChI=1S/C21H15F4N9O2/c22-17(23)10-2-1-5-33-14(10)8-13(31-33)16-15-11(26-9-27-15)3-6-32(16)20(35)19-29-28-18(36-19)12-4-7-34(30-12)21(24)25/h1-2,4-5,7-9,16-17,21H,3,6H2,(H,26,27)/t16-/m1/s1. The minimum atomic E-state index is -2.85. The van der Waals surface area contributed by atoms with E-state index in [9.17, 15) is 22.4 Å². The van der Waals surface area contributed by atoms with Gasteiger partial charge < -0.3 is 14.3 Å². The van der Waals surface area contributed by atoms with E-state index in [1.807, 2.05) is 0 Å². The van der Waals surface area contributed by atoms with Gasteiger partial charge in [0.1, 0.15) is 11.7 Å². The third kappa shape index (κ3) is 3.50. The van der Waals surface area contributed by atoms with Gasteiger partial charge in [-0.05, 0) is 24.3 Å². The van der Waals surface area contributed by atoms with Gasteiger partial charge in [-0.3, -0.25) is 4.79 Å². The Kier molecular flexibility index (Phi) is 5.05. The lowest BCUT2D eigenvalue weighted by Gasteiger charge is -2.32. The second kappa shape index (κ2) is 8.28. The molecule has 0 bridgehead atoms. The number of rotatable bonds is 5. The van der Waals surface area contributed by atoms with Gasteiger partial charge in [0.25, 0.3) is 12.3 Å². The summed E-state index contributed by atoms with van der Waals surface area (Å²) in [4.78, 5) is 22.2. The zero-order valence-electron chi connectivity index (χ0n) is 18.1. The van der Waals surface area contributed by atoms with Crippen molar-refractivity contribution in [1.82, 2.24) is 44.5 Å². The van der Waals surface area contributed by atoms with Crippen molar-refractivity contribution in [3.63, 3.8) is 0 Å². The van der Waals surface area contributed by atoms with Crippen LogP contribution in [0.1, 0.15) is 52.3 Å². The highest BCUT2D eigenvalue weighted by atomic mass is 19.3. The number of alkyl halides is 4. The minimum absolute atomic E-state index is 0.0217. The summed E-state index contributed by atoms with van der Waals surface area (Å²) in [5.41, 5.74) is 1.58. The van der Waals surface area contributed by atoms with E-state index in [1.54, 1.807) is 0 Å². The number of halogens is 4. The second-order valence-corrected chi connectivity index (χ2v) is 7.95. The molecule has 15 heteroatoms. The maximum Gasteiger partial charge on any atom is 0.333 e. The van der Waals surface area contributed by atoms with E-state index in [-0.39, 0.29) is 29.2 Å². The smallest absolute Gasteiger partial charge is 0.333 e. The van der Waals surface area contributed by atoms with E-state index in [4.69, 9.17) is 4.42 Å². The zero-order valence-corrected chi connectivity index (χ0v) is 18.1. The average molecular weight is 501 g/mol. The van der Waals surface area contributed by atoms with Crippen molar-refractivity contribution < 1.29 is 26.8 Å². The van der Waals surface area contributed by atoms with Gasteiger partial charge in [0.05, 0.1) is 23.2 Å². The summed E-state index contributed by atoms with van der Waals surface area (Å²) in [5.74, 6) is -1.26. The summed E-state index contributed by atoms with van der Waals surface area (Å²) in [7, 11) is 0. The number of pyridine rings is 1. The number of carbonyl (C=O) groups is 1. The highest BCUT2D eigenvalue weighted by Crippen LogP contribution is 2.35. The molecule has 0 saturated carbocycles. The predicted molar refractivity (Wildman–Crippen MR) is 112 cm³/mol. The van der Waals surface area contributed by atoms with Gasteiger partial charge >= 0.3 is 18.3 Å². The Morgan fingerprint density at radius 3 is 2.78 bits per heavy atom. The van der Waals surface area contributed by atoms with Crippen LogP contribution in [0.4, 0.5) is 17.6 Å². The first-order valence-electron chi connectivity index (χ1n) is 10.7. The number of fused-ring (bicyclic) bond motifs is 2. The minimum Gasteiger partial charge on any atom is -0.411 e. The molecular weight excluding hydrogens is 486 g/mol. The molecule has 1 atom stereocenters. The first-order chi connectivity index (χ1) is 17.4. The average Bonchev–Trinajstić information content (AvgIpc) is 3.66. The number of aromatic amines is 1. The fourth-order valence-corrected chi connectivity index (χ4v) is 4.27. The molecule has 0 unspecified atom stereocenters. The molecule has 5 aromatic heterocycles. The van der Waals surface area contributed by atoms with Gasteiger partial charge in [-0.2, -0.15) is 19.0 Å². The van der Waals surface area contributed by atoms with Crippen LogP contribution in [0.3, 0.4) is 0 Å². The van der Waals surface area contributed by atoms with Crippen LogP contribution in [-0.2, 0) is 6.42 Å². The van der Waals surface area contributed by atoms with Gasteiger partial charge in [0, 0.05) is 36.6 Å². The van der Waals surface area contributed by atoms with Gasteiger partial charge in [0.2, 0.25) is 0 Å². The van der Waals surface area contributed by atoms with E-state index < -0.39 is 30.8 Å². The topological polar surface area (TPSA) is 123 Å². The highest BCUT2D eigenvalue weighted by molar-refractivity contribution is 5.90. The van der Waals surface area contributed by atoms with E-state index in [1.165, 1.54) is 46.2 Å². The van der Waals surface area contributed by atoms with Crippen molar-refractivity contribution in [3.05, 3.63) is 71.5 Å². The van der Waals surface area contributed by atoms with Gasteiger partial charge in [-0.1, -0.05) is 0 Å². The number of nitrogens with one attached hydrogen (secondary N) is 1. The first-order valence-corrected chi connectivity index (χ1v) is 10.7. The molecule has 1 aliphatic rings. The number of hydrogen-bond acceptors (Lipinski definition) is 7. The largest absolute Gasteiger partial charge is 0.411 e. The highest BCUT2D eigenvalue weighted by Gasteiger charge is 2.38. The monoisotopic (exact) mass is 501 g/mol.